The first kappa shape index (κ1) is 18.3. The molecule has 0 saturated heterocycles. The van der Waals surface area contributed by atoms with Crippen molar-refractivity contribution in [1.29, 1.82) is 0 Å². The summed E-state index contributed by atoms with van der Waals surface area (Å²) in [6.45, 7) is 3.14. The van der Waals surface area contributed by atoms with Crippen molar-refractivity contribution in [3.8, 4) is 34.2 Å². The van der Waals surface area contributed by atoms with Crippen LogP contribution in [0.1, 0.15) is 19.8 Å². The molecule has 5 aromatic rings. The van der Waals surface area contributed by atoms with Gasteiger partial charge in [-0.1, -0.05) is 61.9 Å². The van der Waals surface area contributed by atoms with Crippen LogP contribution in [0.4, 0.5) is 0 Å². The van der Waals surface area contributed by atoms with Gasteiger partial charge in [-0.25, -0.2) is 9.97 Å². The van der Waals surface area contributed by atoms with Gasteiger partial charge in [0.2, 0.25) is 0 Å². The molecule has 3 aromatic heterocycles. The first-order valence-corrected chi connectivity index (χ1v) is 10.4. The van der Waals surface area contributed by atoms with Crippen molar-refractivity contribution in [2.45, 2.75) is 26.3 Å². The maximum absolute atomic E-state index is 4.93. The zero-order chi connectivity index (χ0) is 20.3. The Hall–Kier alpha value is -3.73. The van der Waals surface area contributed by atoms with Crippen molar-refractivity contribution in [2.24, 2.45) is 0 Å². The average Bonchev–Trinajstić information content (AvgIpc) is 3.44. The summed E-state index contributed by atoms with van der Waals surface area (Å²) in [6.07, 6.45) is 2.24. The van der Waals surface area contributed by atoms with Gasteiger partial charge in [-0.2, -0.15) is 5.10 Å². The Morgan fingerprint density at radius 2 is 1.60 bits per heavy atom. The van der Waals surface area contributed by atoms with Crippen molar-refractivity contribution in [1.82, 2.24) is 24.7 Å². The fourth-order valence-corrected chi connectivity index (χ4v) is 3.73. The van der Waals surface area contributed by atoms with E-state index in [0.717, 1.165) is 64.6 Å². The van der Waals surface area contributed by atoms with Gasteiger partial charge in [0, 0.05) is 12.1 Å². The number of H-pyrrole nitrogens is 1. The van der Waals surface area contributed by atoms with Crippen LogP contribution in [0, 0.1) is 0 Å². The smallest absolute Gasteiger partial charge is 0.159 e. The summed E-state index contributed by atoms with van der Waals surface area (Å²) in [5, 5.41) is 7.61. The molecular weight excluding hydrogens is 370 g/mol. The number of benzene rings is 2. The molecule has 0 aliphatic rings. The van der Waals surface area contributed by atoms with E-state index >= 15 is 0 Å². The summed E-state index contributed by atoms with van der Waals surface area (Å²) in [6, 6.07) is 26.6. The molecule has 5 nitrogen and oxygen atoms in total. The number of aromatic nitrogens is 5. The van der Waals surface area contributed by atoms with Gasteiger partial charge in [-0.15, -0.1) is 0 Å². The lowest BCUT2D eigenvalue weighted by molar-refractivity contribution is 0.650. The minimum Gasteiger partial charge on any atom is -0.323 e. The molecule has 3 heterocycles. The first-order chi connectivity index (χ1) is 14.8. The van der Waals surface area contributed by atoms with Gasteiger partial charge in [0.25, 0.3) is 0 Å². The largest absolute Gasteiger partial charge is 0.323 e. The lowest BCUT2D eigenvalue weighted by Crippen LogP contribution is -2.02. The van der Waals surface area contributed by atoms with E-state index in [9.17, 15) is 0 Å². The Kier molecular flexibility index (Phi) is 4.85. The van der Waals surface area contributed by atoms with Crippen LogP contribution >= 0.6 is 0 Å². The number of nitrogens with zero attached hydrogens (tertiary/aromatic N) is 4. The number of aryl methyl sites for hydroxylation is 1. The van der Waals surface area contributed by atoms with E-state index in [1.54, 1.807) is 0 Å². The molecule has 5 heteroatoms. The van der Waals surface area contributed by atoms with E-state index < -0.39 is 0 Å². The molecule has 0 amide bonds. The Morgan fingerprint density at radius 3 is 2.47 bits per heavy atom. The highest BCUT2D eigenvalue weighted by molar-refractivity contribution is 5.80. The molecule has 5 rings (SSSR count). The third kappa shape index (κ3) is 3.39. The van der Waals surface area contributed by atoms with Gasteiger partial charge < -0.3 is 4.57 Å². The molecule has 0 radical (unpaired) electrons. The molecule has 0 aliphatic heterocycles. The number of aromatic amines is 1. The molecule has 30 heavy (non-hydrogen) atoms. The molecule has 0 saturated carbocycles. The Labute approximate surface area is 175 Å². The van der Waals surface area contributed by atoms with Crippen LogP contribution in [0.15, 0.2) is 78.9 Å². The third-order valence-corrected chi connectivity index (χ3v) is 5.29. The monoisotopic (exact) mass is 393 g/mol. The van der Waals surface area contributed by atoms with Crippen molar-refractivity contribution in [2.75, 3.05) is 0 Å². The van der Waals surface area contributed by atoms with Gasteiger partial charge in [0.15, 0.2) is 5.82 Å². The summed E-state index contributed by atoms with van der Waals surface area (Å²) in [4.78, 5) is 9.83. The summed E-state index contributed by atoms with van der Waals surface area (Å²) < 4.78 is 2.29. The van der Waals surface area contributed by atoms with Gasteiger partial charge in [0.1, 0.15) is 5.69 Å². The molecule has 2 aromatic carbocycles. The molecule has 0 bridgehead atoms. The summed E-state index contributed by atoms with van der Waals surface area (Å²) >= 11 is 0. The zero-order valence-corrected chi connectivity index (χ0v) is 16.9. The Balaban J connectivity index is 1.55. The number of imidazole rings is 1. The standard InChI is InChI=1S/C25H23N5/c1-2-3-16-30-24-15-8-7-12-20(24)27-25(30)21-14-9-13-19(26-21)23-17-22(28-29-23)18-10-5-4-6-11-18/h4-15,17H,2-3,16H2,1H3,(H,28,29). The van der Waals surface area contributed by atoms with Crippen LogP contribution in [0.2, 0.25) is 0 Å². The number of hydrogen-bond donors (Lipinski definition) is 1. The van der Waals surface area contributed by atoms with Crippen LogP contribution in [0.3, 0.4) is 0 Å². The molecule has 0 unspecified atom stereocenters. The van der Waals surface area contributed by atoms with E-state index in [1.807, 2.05) is 48.5 Å². The normalized spacial score (nSPS) is 11.2. The van der Waals surface area contributed by atoms with Crippen LogP contribution in [-0.2, 0) is 6.54 Å². The molecule has 0 spiro atoms. The highest BCUT2D eigenvalue weighted by Crippen LogP contribution is 2.27. The fourth-order valence-electron chi connectivity index (χ4n) is 3.73. The molecule has 0 fully saturated rings. The highest BCUT2D eigenvalue weighted by atomic mass is 15.1. The van der Waals surface area contributed by atoms with Crippen molar-refractivity contribution >= 4 is 11.0 Å². The van der Waals surface area contributed by atoms with Gasteiger partial charge in [-0.05, 0) is 36.8 Å². The number of para-hydroxylation sites is 2. The summed E-state index contributed by atoms with van der Waals surface area (Å²) in [5.74, 6) is 0.911. The van der Waals surface area contributed by atoms with E-state index in [-0.39, 0.29) is 0 Å². The topological polar surface area (TPSA) is 59.4 Å². The average molecular weight is 393 g/mol. The van der Waals surface area contributed by atoms with Gasteiger partial charge >= 0.3 is 0 Å². The van der Waals surface area contributed by atoms with E-state index in [4.69, 9.17) is 9.97 Å². The lowest BCUT2D eigenvalue weighted by Gasteiger charge is -2.09. The van der Waals surface area contributed by atoms with Crippen LogP contribution in [0.5, 0.6) is 0 Å². The van der Waals surface area contributed by atoms with Gasteiger partial charge in [-0.3, -0.25) is 5.10 Å². The molecule has 148 valence electrons. The van der Waals surface area contributed by atoms with Crippen molar-refractivity contribution in [3.63, 3.8) is 0 Å². The van der Waals surface area contributed by atoms with E-state index in [2.05, 4.69) is 52.0 Å². The predicted octanol–water partition coefficient (Wildman–Crippen LogP) is 5.96. The van der Waals surface area contributed by atoms with E-state index in [1.165, 1.54) is 0 Å². The number of hydrogen-bond acceptors (Lipinski definition) is 3. The molecule has 0 aliphatic carbocycles. The second-order valence-electron chi connectivity index (χ2n) is 7.37. The minimum absolute atomic E-state index is 0.858. The second kappa shape index (κ2) is 7.95. The number of rotatable bonds is 6. The maximum atomic E-state index is 4.93. The third-order valence-electron chi connectivity index (χ3n) is 5.29. The quantitative estimate of drug-likeness (QED) is 0.387. The zero-order valence-electron chi connectivity index (χ0n) is 16.9. The Bertz CT molecular complexity index is 1280. The number of nitrogens with one attached hydrogen (secondary N) is 1. The lowest BCUT2D eigenvalue weighted by atomic mass is 10.1. The molecule has 1 N–H and O–H groups in total. The summed E-state index contributed by atoms with van der Waals surface area (Å²) in [7, 11) is 0. The van der Waals surface area contributed by atoms with Crippen LogP contribution in [-0.4, -0.2) is 24.7 Å². The Morgan fingerprint density at radius 1 is 0.800 bits per heavy atom. The van der Waals surface area contributed by atoms with Crippen LogP contribution < -0.4 is 0 Å². The first-order valence-electron chi connectivity index (χ1n) is 10.4. The predicted molar refractivity (Wildman–Crippen MR) is 121 cm³/mol. The van der Waals surface area contributed by atoms with Crippen LogP contribution in [0.25, 0.3) is 45.2 Å². The van der Waals surface area contributed by atoms with E-state index in [0.29, 0.717) is 0 Å². The number of fused-ring (bicyclic) bond motifs is 1. The summed E-state index contributed by atoms with van der Waals surface area (Å²) in [5.41, 5.74) is 6.77. The molecular formula is C25H23N5. The van der Waals surface area contributed by atoms with Crippen molar-refractivity contribution in [3.05, 3.63) is 78.9 Å². The van der Waals surface area contributed by atoms with Crippen molar-refractivity contribution < 1.29 is 0 Å². The SMILES string of the molecule is CCCCn1c(-c2cccc(-c3cc(-c4ccccc4)n[nH]3)n2)nc2ccccc21. The second-order valence-corrected chi connectivity index (χ2v) is 7.37. The highest BCUT2D eigenvalue weighted by Gasteiger charge is 2.15. The number of unbranched alkanes of at least 4 members (excludes halogenated alkanes) is 1. The van der Waals surface area contributed by atoms with Gasteiger partial charge in [0.05, 0.1) is 28.1 Å². The maximum Gasteiger partial charge on any atom is 0.159 e. The number of pyridine rings is 1. The minimum atomic E-state index is 0.858. The fraction of sp³-hybridized carbons (Fsp3) is 0.160. The molecule has 0 atom stereocenters.